The van der Waals surface area contributed by atoms with E-state index in [-0.39, 0.29) is 23.4 Å². The van der Waals surface area contributed by atoms with Gasteiger partial charge in [0.15, 0.2) is 0 Å². The maximum Gasteiger partial charge on any atom is 0.352 e. The smallest absolute Gasteiger partial charge is 0.352 e. The Balaban J connectivity index is 2.50. The van der Waals surface area contributed by atoms with Crippen molar-refractivity contribution in [3.8, 4) is 11.8 Å². The summed E-state index contributed by atoms with van der Waals surface area (Å²) in [6.45, 7) is 1.60. The number of ether oxygens (including phenoxy) is 1. The third kappa shape index (κ3) is 2.21. The number of amides is 1. The highest BCUT2D eigenvalue weighted by atomic mass is 19.3. The van der Waals surface area contributed by atoms with Crippen molar-refractivity contribution < 1.29 is 23.4 Å². The molecule has 0 saturated carbocycles. The zero-order valence-corrected chi connectivity index (χ0v) is 11.5. The SMILES string of the molecule is CC[C@H]1[C@@H](O)C(F)(F)C(=O)N1c1ccc(OC)c(C#N)c1. The molecular formula is C14H14F2N2O3. The van der Waals surface area contributed by atoms with Gasteiger partial charge in [-0.1, -0.05) is 6.92 Å². The fourth-order valence-electron chi connectivity index (χ4n) is 2.47. The number of benzene rings is 1. The van der Waals surface area contributed by atoms with Crippen molar-refractivity contribution in [1.29, 1.82) is 5.26 Å². The number of nitriles is 1. The quantitative estimate of drug-likeness (QED) is 0.921. The number of hydrogen-bond acceptors (Lipinski definition) is 4. The minimum absolute atomic E-state index is 0.127. The fraction of sp³-hybridized carbons (Fsp3) is 0.429. The molecule has 1 aliphatic rings. The summed E-state index contributed by atoms with van der Waals surface area (Å²) in [7, 11) is 1.38. The molecule has 1 aromatic carbocycles. The zero-order chi connectivity index (χ0) is 15.8. The van der Waals surface area contributed by atoms with Gasteiger partial charge in [0, 0.05) is 5.69 Å². The highest BCUT2D eigenvalue weighted by molar-refractivity contribution is 6.02. The largest absolute Gasteiger partial charge is 0.495 e. The van der Waals surface area contributed by atoms with Crippen LogP contribution in [0.25, 0.3) is 0 Å². The number of hydrogen-bond donors (Lipinski definition) is 1. The normalized spacial score (nSPS) is 24.0. The lowest BCUT2D eigenvalue weighted by molar-refractivity contribution is -0.149. The molecule has 0 radical (unpaired) electrons. The lowest BCUT2D eigenvalue weighted by Gasteiger charge is -2.24. The minimum atomic E-state index is -3.83. The number of anilines is 1. The Morgan fingerprint density at radius 1 is 1.52 bits per heavy atom. The molecule has 1 aliphatic heterocycles. The molecule has 1 amide bonds. The topological polar surface area (TPSA) is 73.6 Å². The van der Waals surface area contributed by atoms with E-state index < -0.39 is 24.0 Å². The van der Waals surface area contributed by atoms with Crippen LogP contribution in [0.3, 0.4) is 0 Å². The Morgan fingerprint density at radius 2 is 2.19 bits per heavy atom. The fourth-order valence-corrected chi connectivity index (χ4v) is 2.47. The molecule has 5 nitrogen and oxygen atoms in total. The molecular weight excluding hydrogens is 282 g/mol. The number of carbonyl (C=O) groups is 1. The van der Waals surface area contributed by atoms with Crippen molar-refractivity contribution in [3.05, 3.63) is 23.8 Å². The highest BCUT2D eigenvalue weighted by Crippen LogP contribution is 2.39. The van der Waals surface area contributed by atoms with Gasteiger partial charge < -0.3 is 14.7 Å². The molecule has 1 heterocycles. The predicted octanol–water partition coefficient (Wildman–Crippen LogP) is 1.69. The summed E-state index contributed by atoms with van der Waals surface area (Å²) in [4.78, 5) is 12.7. The third-order valence-corrected chi connectivity index (χ3v) is 3.57. The summed E-state index contributed by atoms with van der Waals surface area (Å²) < 4.78 is 32.4. The van der Waals surface area contributed by atoms with Crippen LogP contribution in [0.15, 0.2) is 18.2 Å². The molecule has 21 heavy (non-hydrogen) atoms. The number of carbonyl (C=O) groups excluding carboxylic acids is 1. The number of methoxy groups -OCH3 is 1. The molecule has 1 N–H and O–H groups in total. The van der Waals surface area contributed by atoms with E-state index >= 15 is 0 Å². The van der Waals surface area contributed by atoms with E-state index in [1.165, 1.54) is 25.3 Å². The van der Waals surface area contributed by atoms with Crippen molar-refractivity contribution in [2.45, 2.75) is 31.4 Å². The van der Waals surface area contributed by atoms with Crippen LogP contribution in [0.5, 0.6) is 5.75 Å². The van der Waals surface area contributed by atoms with Gasteiger partial charge in [-0.15, -0.1) is 0 Å². The molecule has 0 aliphatic carbocycles. The molecule has 112 valence electrons. The van der Waals surface area contributed by atoms with Crippen molar-refractivity contribution >= 4 is 11.6 Å². The molecule has 1 saturated heterocycles. The Labute approximate surface area is 120 Å². The van der Waals surface area contributed by atoms with Gasteiger partial charge in [-0.2, -0.15) is 14.0 Å². The van der Waals surface area contributed by atoms with Crippen molar-refractivity contribution in [3.63, 3.8) is 0 Å². The first-order valence-corrected chi connectivity index (χ1v) is 6.36. The second kappa shape index (κ2) is 5.30. The van der Waals surface area contributed by atoms with Crippen LogP contribution in [-0.2, 0) is 4.79 Å². The Bertz CT molecular complexity index is 613. The summed E-state index contributed by atoms with van der Waals surface area (Å²) in [5, 5.41) is 18.7. The maximum absolute atomic E-state index is 13.7. The highest BCUT2D eigenvalue weighted by Gasteiger charge is 2.61. The number of halogens is 2. The van der Waals surface area contributed by atoms with Gasteiger partial charge in [0.1, 0.15) is 17.9 Å². The molecule has 7 heteroatoms. The number of aliphatic hydroxyl groups is 1. The molecule has 0 aromatic heterocycles. The second-order valence-corrected chi connectivity index (χ2v) is 4.71. The van der Waals surface area contributed by atoms with Gasteiger partial charge in [-0.3, -0.25) is 4.79 Å². The Kier molecular flexibility index (Phi) is 3.83. The maximum atomic E-state index is 13.7. The first-order valence-electron chi connectivity index (χ1n) is 6.36. The molecule has 1 fully saturated rings. The molecule has 1 aromatic rings. The summed E-state index contributed by atoms with van der Waals surface area (Å²) in [5.74, 6) is -5.00. The van der Waals surface area contributed by atoms with Crippen LogP contribution in [0.1, 0.15) is 18.9 Å². The second-order valence-electron chi connectivity index (χ2n) is 4.71. The van der Waals surface area contributed by atoms with Crippen LogP contribution in [0, 0.1) is 11.3 Å². The van der Waals surface area contributed by atoms with E-state index in [1.54, 1.807) is 6.92 Å². The summed E-state index contributed by atoms with van der Waals surface area (Å²) in [6.07, 6.45) is -1.90. The lowest BCUT2D eigenvalue weighted by atomic mass is 10.1. The third-order valence-electron chi connectivity index (χ3n) is 3.57. The molecule has 0 unspecified atom stereocenters. The van der Waals surface area contributed by atoms with Crippen LogP contribution < -0.4 is 9.64 Å². The van der Waals surface area contributed by atoms with Crippen LogP contribution >= 0.6 is 0 Å². The number of nitrogens with zero attached hydrogens (tertiary/aromatic N) is 2. The van der Waals surface area contributed by atoms with Gasteiger partial charge in [-0.05, 0) is 24.6 Å². The lowest BCUT2D eigenvalue weighted by Crippen LogP contribution is -2.37. The van der Waals surface area contributed by atoms with E-state index in [2.05, 4.69) is 0 Å². The van der Waals surface area contributed by atoms with Gasteiger partial charge in [0.25, 0.3) is 0 Å². The van der Waals surface area contributed by atoms with Crippen LogP contribution in [0.2, 0.25) is 0 Å². The molecule has 0 spiro atoms. The summed E-state index contributed by atoms with van der Waals surface area (Å²) >= 11 is 0. The number of aliphatic hydroxyl groups excluding tert-OH is 1. The van der Waals surface area contributed by atoms with Gasteiger partial charge in [0.2, 0.25) is 0 Å². The van der Waals surface area contributed by atoms with Crippen molar-refractivity contribution in [1.82, 2.24) is 0 Å². The van der Waals surface area contributed by atoms with E-state index in [9.17, 15) is 18.7 Å². The van der Waals surface area contributed by atoms with E-state index in [1.807, 2.05) is 6.07 Å². The standard InChI is InChI=1S/C14H14F2N2O3/c1-3-10-12(19)14(15,16)13(20)18(10)9-4-5-11(21-2)8(6-9)7-17/h4-6,10,12,19H,3H2,1-2H3/t10-,12+/m0/s1. The average molecular weight is 296 g/mol. The number of alkyl halides is 2. The first kappa shape index (κ1) is 15.2. The average Bonchev–Trinajstić information content (AvgIpc) is 2.66. The van der Waals surface area contributed by atoms with E-state index in [0.29, 0.717) is 0 Å². The monoisotopic (exact) mass is 296 g/mol. The summed E-state index contributed by atoms with van der Waals surface area (Å²) in [5.41, 5.74) is 0.266. The van der Waals surface area contributed by atoms with Crippen LogP contribution in [-0.4, -0.2) is 36.2 Å². The van der Waals surface area contributed by atoms with Gasteiger partial charge in [-0.25, -0.2) is 0 Å². The zero-order valence-electron chi connectivity index (χ0n) is 11.5. The molecule has 2 atom stereocenters. The number of rotatable bonds is 3. The first-order chi connectivity index (χ1) is 9.88. The van der Waals surface area contributed by atoms with Gasteiger partial charge >= 0.3 is 11.8 Å². The Hall–Kier alpha value is -2.20. The van der Waals surface area contributed by atoms with E-state index in [4.69, 9.17) is 10.00 Å². The van der Waals surface area contributed by atoms with Crippen molar-refractivity contribution in [2.75, 3.05) is 12.0 Å². The molecule has 0 bridgehead atoms. The van der Waals surface area contributed by atoms with Crippen LogP contribution in [0.4, 0.5) is 14.5 Å². The molecule has 2 rings (SSSR count). The van der Waals surface area contributed by atoms with Crippen molar-refractivity contribution in [2.24, 2.45) is 0 Å². The van der Waals surface area contributed by atoms with E-state index in [0.717, 1.165) is 4.90 Å². The van der Waals surface area contributed by atoms with Gasteiger partial charge in [0.05, 0.1) is 18.7 Å². The predicted molar refractivity (Wildman–Crippen MR) is 70.2 cm³/mol. The minimum Gasteiger partial charge on any atom is -0.495 e. The Morgan fingerprint density at radius 3 is 2.71 bits per heavy atom. The summed E-state index contributed by atoms with van der Waals surface area (Å²) in [6, 6.07) is 4.98.